The second-order valence-electron chi connectivity index (χ2n) is 7.72. The quantitative estimate of drug-likeness (QED) is 0.414. The summed E-state index contributed by atoms with van der Waals surface area (Å²) in [5.41, 5.74) is 1.98. The number of halogens is 1. The van der Waals surface area contributed by atoms with Gasteiger partial charge < -0.3 is 14.4 Å². The maximum absolute atomic E-state index is 12.8. The van der Waals surface area contributed by atoms with Gasteiger partial charge in [0.2, 0.25) is 0 Å². The van der Waals surface area contributed by atoms with Crippen molar-refractivity contribution < 1.29 is 26.9 Å². The van der Waals surface area contributed by atoms with E-state index in [4.69, 9.17) is 21.1 Å². The third kappa shape index (κ3) is 5.70. The molecule has 1 saturated heterocycles. The van der Waals surface area contributed by atoms with Crippen molar-refractivity contribution in [3.05, 3.63) is 53.1 Å². The van der Waals surface area contributed by atoms with Gasteiger partial charge in [0.05, 0.1) is 11.3 Å². The summed E-state index contributed by atoms with van der Waals surface area (Å²) in [5, 5.41) is 0.324. The van der Waals surface area contributed by atoms with Crippen LogP contribution in [0.25, 0.3) is 0 Å². The van der Waals surface area contributed by atoms with E-state index in [-0.39, 0.29) is 19.1 Å². The molecular formula is C22H24ClNO6S. The predicted octanol–water partition coefficient (Wildman–Crippen LogP) is 3.76. The maximum atomic E-state index is 12.8. The van der Waals surface area contributed by atoms with E-state index >= 15 is 0 Å². The van der Waals surface area contributed by atoms with E-state index in [2.05, 4.69) is 16.3 Å². The number of benzene rings is 2. The van der Waals surface area contributed by atoms with E-state index in [1.165, 1.54) is 18.4 Å². The van der Waals surface area contributed by atoms with Gasteiger partial charge in [0, 0.05) is 18.7 Å². The molecule has 1 heterocycles. The molecule has 2 aromatic carbocycles. The minimum atomic E-state index is -3.51. The number of rotatable bonds is 9. The summed E-state index contributed by atoms with van der Waals surface area (Å²) in [6.07, 6.45) is 3.52. The third-order valence-electron chi connectivity index (χ3n) is 5.23. The third-order valence-corrected chi connectivity index (χ3v) is 6.12. The van der Waals surface area contributed by atoms with Gasteiger partial charge in [-0.1, -0.05) is 23.7 Å². The molecule has 0 bridgehead atoms. The normalized spacial score (nSPS) is 19.0. The van der Waals surface area contributed by atoms with Gasteiger partial charge in [-0.15, -0.1) is 0 Å². The summed E-state index contributed by atoms with van der Waals surface area (Å²) in [6.45, 7) is 0.453. The predicted molar refractivity (Wildman–Crippen MR) is 118 cm³/mol. The second-order valence-corrected chi connectivity index (χ2v) is 9.77. The Bertz CT molecular complexity index is 1050. The van der Waals surface area contributed by atoms with Crippen LogP contribution in [-0.2, 0) is 19.1 Å². The van der Waals surface area contributed by atoms with Crippen LogP contribution >= 0.6 is 11.6 Å². The minimum Gasteiger partial charge on any atom is -0.490 e. The van der Waals surface area contributed by atoms with Crippen LogP contribution < -0.4 is 14.4 Å². The molecule has 2 aromatic rings. The van der Waals surface area contributed by atoms with Gasteiger partial charge in [-0.3, -0.25) is 8.98 Å². The first-order valence-corrected chi connectivity index (χ1v) is 12.3. The molecule has 9 heteroatoms. The molecule has 166 valence electrons. The molecule has 2 aliphatic rings. The SMILES string of the molecule is CS(=O)(=O)OCCOc1ccc(N2CC[C@H](Oc3ccc(C4CC4)cc3)C2=O)cc1Cl. The van der Waals surface area contributed by atoms with Crippen LogP contribution in [0.1, 0.15) is 30.7 Å². The van der Waals surface area contributed by atoms with Gasteiger partial charge in [0.25, 0.3) is 16.0 Å². The smallest absolute Gasteiger partial charge is 0.268 e. The number of carbonyl (C=O) groups is 1. The molecule has 0 unspecified atom stereocenters. The summed E-state index contributed by atoms with van der Waals surface area (Å²) in [6, 6.07) is 13.0. The van der Waals surface area contributed by atoms with Crippen LogP contribution in [0.5, 0.6) is 11.5 Å². The van der Waals surface area contributed by atoms with E-state index in [0.29, 0.717) is 41.1 Å². The molecular weight excluding hydrogens is 442 g/mol. The lowest BCUT2D eigenvalue weighted by Gasteiger charge is -2.18. The number of hydrogen-bond donors (Lipinski definition) is 0. The van der Waals surface area contributed by atoms with Crippen molar-refractivity contribution in [2.45, 2.75) is 31.3 Å². The molecule has 7 nitrogen and oxygen atoms in total. The number of ether oxygens (including phenoxy) is 2. The number of carbonyl (C=O) groups excluding carboxylic acids is 1. The number of hydrogen-bond acceptors (Lipinski definition) is 6. The zero-order valence-corrected chi connectivity index (χ0v) is 18.7. The summed E-state index contributed by atoms with van der Waals surface area (Å²) in [7, 11) is -3.51. The number of anilines is 1. The van der Waals surface area contributed by atoms with Crippen molar-refractivity contribution in [2.75, 3.05) is 30.9 Å². The highest BCUT2D eigenvalue weighted by molar-refractivity contribution is 7.85. The zero-order valence-electron chi connectivity index (χ0n) is 17.1. The Labute approximate surface area is 187 Å². The molecule has 0 spiro atoms. The lowest BCUT2D eigenvalue weighted by molar-refractivity contribution is -0.122. The number of nitrogens with zero attached hydrogens (tertiary/aromatic N) is 1. The van der Waals surface area contributed by atoms with Crippen molar-refractivity contribution in [3.63, 3.8) is 0 Å². The molecule has 1 amide bonds. The fraction of sp³-hybridized carbons (Fsp3) is 0.409. The van der Waals surface area contributed by atoms with Gasteiger partial charge >= 0.3 is 0 Å². The fourth-order valence-corrected chi connectivity index (χ4v) is 4.13. The van der Waals surface area contributed by atoms with Crippen molar-refractivity contribution in [1.29, 1.82) is 0 Å². The van der Waals surface area contributed by atoms with E-state index in [1.54, 1.807) is 23.1 Å². The van der Waals surface area contributed by atoms with Gasteiger partial charge in [-0.2, -0.15) is 8.42 Å². The Morgan fingerprint density at radius 1 is 1.06 bits per heavy atom. The first-order valence-electron chi connectivity index (χ1n) is 10.1. The van der Waals surface area contributed by atoms with Gasteiger partial charge in [0.15, 0.2) is 6.10 Å². The van der Waals surface area contributed by atoms with E-state index in [1.807, 2.05) is 12.1 Å². The number of amides is 1. The first kappa shape index (κ1) is 21.9. The highest BCUT2D eigenvalue weighted by Crippen LogP contribution is 2.40. The fourth-order valence-electron chi connectivity index (χ4n) is 3.53. The van der Waals surface area contributed by atoms with Crippen LogP contribution in [-0.4, -0.2) is 46.4 Å². The molecule has 4 rings (SSSR count). The Balaban J connectivity index is 1.34. The second kappa shape index (κ2) is 9.06. The van der Waals surface area contributed by atoms with Crippen molar-refractivity contribution >= 4 is 33.3 Å². The van der Waals surface area contributed by atoms with Crippen molar-refractivity contribution in [3.8, 4) is 11.5 Å². The van der Waals surface area contributed by atoms with Crippen molar-refractivity contribution in [1.82, 2.24) is 0 Å². The molecule has 1 aliphatic heterocycles. The standard InChI is InChI=1S/C22H24ClNO6S/c1-31(26,27)29-13-12-28-20-9-6-17(14-19(20)23)24-11-10-21(22(24)25)30-18-7-4-16(5-8-18)15-2-3-15/h4-9,14-15,21H,2-3,10-13H2,1H3/t21-/m0/s1. The molecule has 0 radical (unpaired) electrons. The highest BCUT2D eigenvalue weighted by atomic mass is 35.5. The Hall–Kier alpha value is -2.29. The highest BCUT2D eigenvalue weighted by Gasteiger charge is 2.34. The molecule has 0 N–H and O–H groups in total. The van der Waals surface area contributed by atoms with Crippen LogP contribution in [0, 0.1) is 0 Å². The maximum Gasteiger partial charge on any atom is 0.268 e. The Morgan fingerprint density at radius 3 is 2.45 bits per heavy atom. The van der Waals surface area contributed by atoms with Crippen molar-refractivity contribution in [2.24, 2.45) is 0 Å². The minimum absolute atomic E-state index is 0.0320. The molecule has 31 heavy (non-hydrogen) atoms. The summed E-state index contributed by atoms with van der Waals surface area (Å²) in [5.74, 6) is 1.65. The molecule has 1 atom stereocenters. The van der Waals surface area contributed by atoms with Crippen LogP contribution in [0.4, 0.5) is 5.69 Å². The monoisotopic (exact) mass is 465 g/mol. The van der Waals surface area contributed by atoms with Gasteiger partial charge in [-0.25, -0.2) is 0 Å². The average Bonchev–Trinajstić information content (AvgIpc) is 3.51. The zero-order chi connectivity index (χ0) is 22.0. The molecule has 0 aromatic heterocycles. The molecule has 1 saturated carbocycles. The lowest BCUT2D eigenvalue weighted by atomic mass is 10.1. The largest absolute Gasteiger partial charge is 0.490 e. The van der Waals surface area contributed by atoms with Crippen LogP contribution in [0.2, 0.25) is 5.02 Å². The van der Waals surface area contributed by atoms with Gasteiger partial charge in [-0.05, 0) is 54.7 Å². The van der Waals surface area contributed by atoms with Crippen LogP contribution in [0.3, 0.4) is 0 Å². The Morgan fingerprint density at radius 2 is 1.81 bits per heavy atom. The summed E-state index contributed by atoms with van der Waals surface area (Å²) < 4.78 is 37.9. The topological polar surface area (TPSA) is 82.1 Å². The van der Waals surface area contributed by atoms with Crippen LogP contribution in [0.15, 0.2) is 42.5 Å². The average molecular weight is 466 g/mol. The first-order chi connectivity index (χ1) is 14.8. The van der Waals surface area contributed by atoms with E-state index in [0.717, 1.165) is 6.26 Å². The molecule has 2 fully saturated rings. The van der Waals surface area contributed by atoms with Gasteiger partial charge in [0.1, 0.15) is 24.7 Å². The summed E-state index contributed by atoms with van der Waals surface area (Å²) >= 11 is 6.28. The van der Waals surface area contributed by atoms with E-state index < -0.39 is 16.2 Å². The Kier molecular flexibility index (Phi) is 6.41. The molecule has 1 aliphatic carbocycles. The lowest BCUT2D eigenvalue weighted by Crippen LogP contribution is -2.32. The summed E-state index contributed by atoms with van der Waals surface area (Å²) in [4.78, 5) is 14.5. The van der Waals surface area contributed by atoms with E-state index in [9.17, 15) is 13.2 Å².